The number of nitrogens with one attached hydrogen (secondary N) is 2. The van der Waals surface area contributed by atoms with E-state index in [1.807, 2.05) is 6.07 Å². The molecule has 3 aromatic rings. The van der Waals surface area contributed by atoms with Gasteiger partial charge in [-0.3, -0.25) is 4.90 Å². The summed E-state index contributed by atoms with van der Waals surface area (Å²) in [6, 6.07) is 10.3. The second-order valence-electron chi connectivity index (χ2n) is 12.5. The number of ether oxygens (including phenoxy) is 2. The molecule has 0 atom stereocenters. The van der Waals surface area contributed by atoms with Crippen LogP contribution in [0.1, 0.15) is 38.3 Å². The molecule has 0 amide bonds. The minimum atomic E-state index is -4.67. The molecule has 8 nitrogen and oxygen atoms in total. The fraction of sp³-hybridized carbons (Fsp3) is 0.515. The average molecular weight is 701 g/mol. The van der Waals surface area contributed by atoms with Crippen molar-refractivity contribution < 1.29 is 44.2 Å². The predicted octanol–water partition coefficient (Wildman–Crippen LogP) is 6.46. The Morgan fingerprint density at radius 3 is 2.35 bits per heavy atom. The molecule has 2 heterocycles. The number of hydrogen-bond acceptors (Lipinski definition) is 7. The molecule has 1 aliphatic carbocycles. The van der Waals surface area contributed by atoms with Gasteiger partial charge in [-0.15, -0.1) is 0 Å². The highest BCUT2D eigenvalue weighted by molar-refractivity contribution is 7.90. The summed E-state index contributed by atoms with van der Waals surface area (Å²) in [4.78, 5) is 2.25. The first-order valence-electron chi connectivity index (χ1n) is 15.6. The summed E-state index contributed by atoms with van der Waals surface area (Å²) in [7, 11) is -3.74. The Hall–Kier alpha value is -3.61. The summed E-state index contributed by atoms with van der Waals surface area (Å²) in [5.74, 6) is 5.16. The van der Waals surface area contributed by atoms with Gasteiger partial charge in [-0.25, -0.2) is 8.42 Å². The molecular formula is C33H38F6N4O4S. The number of rotatable bonds is 9. The lowest BCUT2D eigenvalue weighted by atomic mass is 9.79. The van der Waals surface area contributed by atoms with Crippen LogP contribution in [-0.2, 0) is 21.1 Å². The molecule has 15 heteroatoms. The third kappa shape index (κ3) is 9.09. The van der Waals surface area contributed by atoms with Gasteiger partial charge >= 0.3 is 12.4 Å². The van der Waals surface area contributed by atoms with E-state index in [4.69, 9.17) is 9.47 Å². The molecule has 0 spiro atoms. The smallest absolute Gasteiger partial charge is 0.422 e. The quantitative estimate of drug-likeness (QED) is 0.196. The molecule has 2 N–H and O–H groups in total. The Balaban J connectivity index is 1.34. The van der Waals surface area contributed by atoms with Crippen molar-refractivity contribution in [2.45, 2.75) is 68.0 Å². The minimum absolute atomic E-state index is 0.0421. The minimum Gasteiger partial charge on any atom is -0.482 e. The topological polar surface area (TPSA) is 84.8 Å². The van der Waals surface area contributed by atoms with Gasteiger partial charge in [-0.1, -0.05) is 12.0 Å². The van der Waals surface area contributed by atoms with E-state index in [2.05, 4.69) is 34.3 Å². The van der Waals surface area contributed by atoms with Crippen molar-refractivity contribution >= 4 is 32.1 Å². The highest BCUT2D eigenvalue weighted by Gasteiger charge is 2.37. The van der Waals surface area contributed by atoms with Crippen molar-refractivity contribution in [1.29, 1.82) is 0 Å². The molecule has 2 aliphatic rings. The van der Waals surface area contributed by atoms with Crippen molar-refractivity contribution in [2.75, 3.05) is 56.3 Å². The Morgan fingerprint density at radius 2 is 1.71 bits per heavy atom. The molecule has 2 aromatic carbocycles. The van der Waals surface area contributed by atoms with Gasteiger partial charge in [-0.2, -0.15) is 26.3 Å². The predicted molar refractivity (Wildman–Crippen MR) is 171 cm³/mol. The van der Waals surface area contributed by atoms with Crippen LogP contribution in [0, 0.1) is 11.8 Å². The molecule has 5 rings (SSSR count). The number of benzene rings is 2. The second-order valence-corrected chi connectivity index (χ2v) is 14.5. The van der Waals surface area contributed by atoms with E-state index in [1.165, 1.54) is 12.1 Å². The molecule has 1 aliphatic heterocycles. The Kier molecular flexibility index (Phi) is 10.5. The number of aromatic nitrogens is 1. The second kappa shape index (κ2) is 14.1. The van der Waals surface area contributed by atoms with Gasteiger partial charge in [0.25, 0.3) is 0 Å². The largest absolute Gasteiger partial charge is 0.482 e. The molecule has 48 heavy (non-hydrogen) atoms. The summed E-state index contributed by atoms with van der Waals surface area (Å²) in [5, 5.41) is 6.94. The highest BCUT2D eigenvalue weighted by Crippen LogP contribution is 2.37. The van der Waals surface area contributed by atoms with E-state index in [1.54, 1.807) is 18.2 Å². The first kappa shape index (κ1) is 35.7. The maximum absolute atomic E-state index is 13.7. The number of hydrogen-bond donors (Lipinski definition) is 2. The standard InChI is InChI=1S/C33H38F6N4O4S/c1-31(42-15-17-46-18-16-42)12-10-23(11-13-31)41-27-6-3-7-29-26(27)19-24(43(29)21-32(34,35)36)5-4-14-40-28-9-8-25(48(2,44)45)20-30(28)47-22-33(37,38)39/h3,6-9,19-20,23,40-41H,10-18,21-22H2,1-2H3. The first-order valence-corrected chi connectivity index (χ1v) is 17.4. The third-order valence-corrected chi connectivity index (χ3v) is 9.95. The Bertz CT molecular complexity index is 1760. The Morgan fingerprint density at radius 1 is 1.00 bits per heavy atom. The number of anilines is 2. The number of fused-ring (bicyclic) bond motifs is 1. The van der Waals surface area contributed by atoms with Crippen LogP contribution < -0.4 is 15.4 Å². The van der Waals surface area contributed by atoms with Gasteiger partial charge in [0.2, 0.25) is 0 Å². The van der Waals surface area contributed by atoms with Crippen molar-refractivity contribution in [2.24, 2.45) is 0 Å². The first-order chi connectivity index (χ1) is 22.5. The summed E-state index contributed by atoms with van der Waals surface area (Å²) in [5.41, 5.74) is 1.32. The van der Waals surface area contributed by atoms with Crippen LogP contribution in [-0.4, -0.2) is 87.5 Å². The third-order valence-electron chi connectivity index (χ3n) is 8.84. The summed E-state index contributed by atoms with van der Waals surface area (Å²) in [6.45, 7) is 2.46. The van der Waals surface area contributed by atoms with Gasteiger partial charge in [0.1, 0.15) is 12.3 Å². The van der Waals surface area contributed by atoms with E-state index in [9.17, 15) is 34.8 Å². The highest BCUT2D eigenvalue weighted by atomic mass is 32.2. The number of halogens is 6. The lowest BCUT2D eigenvalue weighted by molar-refractivity contribution is -0.153. The van der Waals surface area contributed by atoms with Gasteiger partial charge in [0.05, 0.1) is 41.6 Å². The van der Waals surface area contributed by atoms with Crippen LogP contribution in [0.4, 0.5) is 37.7 Å². The molecule has 0 radical (unpaired) electrons. The molecule has 0 unspecified atom stereocenters. The van der Waals surface area contributed by atoms with Crippen LogP contribution in [0.15, 0.2) is 47.4 Å². The van der Waals surface area contributed by atoms with Crippen LogP contribution in [0.5, 0.6) is 5.75 Å². The van der Waals surface area contributed by atoms with Crippen molar-refractivity contribution in [3.05, 3.63) is 48.2 Å². The fourth-order valence-corrected chi connectivity index (χ4v) is 6.96. The zero-order valence-corrected chi connectivity index (χ0v) is 27.4. The molecule has 1 saturated carbocycles. The normalized spacial score (nSPS) is 21.0. The number of sulfone groups is 1. The maximum atomic E-state index is 13.7. The fourth-order valence-electron chi connectivity index (χ4n) is 6.32. The van der Waals surface area contributed by atoms with Crippen LogP contribution >= 0.6 is 0 Å². The van der Waals surface area contributed by atoms with Gasteiger partial charge in [0.15, 0.2) is 16.4 Å². The van der Waals surface area contributed by atoms with Crippen LogP contribution in [0.25, 0.3) is 10.9 Å². The molecule has 0 bridgehead atoms. The zero-order valence-electron chi connectivity index (χ0n) is 26.6. The molecule has 1 saturated heterocycles. The van der Waals surface area contributed by atoms with E-state index in [0.717, 1.165) is 68.9 Å². The molecule has 1 aromatic heterocycles. The van der Waals surface area contributed by atoms with Crippen LogP contribution in [0.2, 0.25) is 0 Å². The number of alkyl halides is 6. The van der Waals surface area contributed by atoms with Crippen LogP contribution in [0.3, 0.4) is 0 Å². The van der Waals surface area contributed by atoms with Crippen molar-refractivity contribution in [1.82, 2.24) is 9.47 Å². The SMILES string of the molecule is CC1(N2CCOCC2)CCC(Nc2cccc3c2cc(C#CCNc2ccc(S(C)(=O)=O)cc2OCC(F)(F)F)n3CC(F)(F)F)CC1. The van der Waals surface area contributed by atoms with E-state index in [0.29, 0.717) is 16.6 Å². The van der Waals surface area contributed by atoms with E-state index >= 15 is 0 Å². The van der Waals surface area contributed by atoms with E-state index in [-0.39, 0.29) is 40.2 Å². The molecule has 262 valence electrons. The summed E-state index contributed by atoms with van der Waals surface area (Å²) in [6.07, 6.45) is -4.50. The van der Waals surface area contributed by atoms with E-state index < -0.39 is 35.3 Å². The summed E-state index contributed by atoms with van der Waals surface area (Å²) >= 11 is 0. The average Bonchev–Trinajstić information content (AvgIpc) is 3.35. The molecular weight excluding hydrogens is 662 g/mol. The van der Waals surface area contributed by atoms with Crippen molar-refractivity contribution in [3.8, 4) is 17.6 Å². The molecule has 2 fully saturated rings. The van der Waals surface area contributed by atoms with Crippen molar-refractivity contribution in [3.63, 3.8) is 0 Å². The van der Waals surface area contributed by atoms with Gasteiger partial charge < -0.3 is 24.7 Å². The Labute approximate surface area is 275 Å². The maximum Gasteiger partial charge on any atom is 0.422 e. The lowest BCUT2D eigenvalue weighted by Crippen LogP contribution is -2.54. The number of morpholine rings is 1. The summed E-state index contributed by atoms with van der Waals surface area (Å²) < 4.78 is 115. The van der Waals surface area contributed by atoms with Gasteiger partial charge in [0, 0.05) is 48.1 Å². The number of nitrogens with zero attached hydrogens (tertiary/aromatic N) is 2. The zero-order chi connectivity index (χ0) is 34.7. The lowest BCUT2D eigenvalue weighted by Gasteiger charge is -2.47. The van der Waals surface area contributed by atoms with Gasteiger partial charge in [-0.05, 0) is 68.9 Å². The monoisotopic (exact) mass is 700 g/mol.